The number of unbranched alkanes of at least 4 members (excludes halogenated alkanes) is 11. The van der Waals surface area contributed by atoms with Gasteiger partial charge in [-0.2, -0.15) is 0 Å². The van der Waals surface area contributed by atoms with E-state index in [-0.39, 0.29) is 12.2 Å². The average Bonchev–Trinajstić information content (AvgIpc) is 2.62. The molecule has 0 heterocycles. The fourth-order valence-corrected chi connectivity index (χ4v) is 5.24. The lowest BCUT2D eigenvalue weighted by Crippen LogP contribution is -2.13. The van der Waals surface area contributed by atoms with Gasteiger partial charge >= 0.3 is 7.60 Å². The van der Waals surface area contributed by atoms with Crippen molar-refractivity contribution in [2.75, 3.05) is 6.16 Å². The summed E-state index contributed by atoms with van der Waals surface area (Å²) in [5, 5.41) is 0. The van der Waals surface area contributed by atoms with Crippen LogP contribution in [-0.2, 0) is 13.6 Å². The van der Waals surface area contributed by atoms with Crippen molar-refractivity contribution in [3.63, 3.8) is 0 Å². The van der Waals surface area contributed by atoms with E-state index in [1.54, 1.807) is 0 Å². The third-order valence-corrected chi connectivity index (χ3v) is 7.34. The first-order valence-corrected chi connectivity index (χ1v) is 13.2. The fourth-order valence-electron chi connectivity index (χ4n) is 2.97. The second kappa shape index (κ2) is 17.3. The zero-order valence-corrected chi connectivity index (χ0v) is 19.3. The Morgan fingerprint density at radius 1 is 0.615 bits per heavy atom. The molecular weight excluding hydrogens is 343 g/mol. The number of rotatable bonds is 19. The Kier molecular flexibility index (Phi) is 17.4. The van der Waals surface area contributed by atoms with Crippen LogP contribution in [0.15, 0.2) is 0 Å². The molecule has 0 bridgehead atoms. The monoisotopic (exact) mass is 390 g/mol. The van der Waals surface area contributed by atoms with Gasteiger partial charge in [0.2, 0.25) is 0 Å². The number of hydrogen-bond acceptors (Lipinski definition) is 3. The lowest BCUT2D eigenvalue weighted by molar-refractivity contribution is 0.123. The van der Waals surface area contributed by atoms with Crippen LogP contribution in [0.2, 0.25) is 0 Å². The normalized spacial score (nSPS) is 16.3. The molecule has 0 aliphatic rings. The first-order chi connectivity index (χ1) is 12.5. The van der Waals surface area contributed by atoms with E-state index < -0.39 is 7.60 Å². The number of hydrogen-bond donors (Lipinski definition) is 0. The van der Waals surface area contributed by atoms with E-state index in [0.717, 1.165) is 25.7 Å². The first-order valence-electron chi connectivity index (χ1n) is 11.4. The van der Waals surface area contributed by atoms with Crippen LogP contribution in [0, 0.1) is 0 Å². The third kappa shape index (κ3) is 15.2. The van der Waals surface area contributed by atoms with Gasteiger partial charge in [-0.1, -0.05) is 91.4 Å². The summed E-state index contributed by atoms with van der Waals surface area (Å²) in [6.07, 6.45) is 18.0. The van der Waals surface area contributed by atoms with Crippen molar-refractivity contribution < 1.29 is 13.6 Å². The minimum Gasteiger partial charge on any atom is -0.306 e. The summed E-state index contributed by atoms with van der Waals surface area (Å²) in [7, 11) is -2.94. The highest BCUT2D eigenvalue weighted by molar-refractivity contribution is 7.53. The van der Waals surface area contributed by atoms with Crippen LogP contribution in [0.1, 0.15) is 125 Å². The van der Waals surface area contributed by atoms with Gasteiger partial charge in [-0.05, 0) is 33.1 Å². The second-order valence-corrected chi connectivity index (χ2v) is 9.96. The Balaban J connectivity index is 3.80. The van der Waals surface area contributed by atoms with Crippen LogP contribution >= 0.6 is 7.60 Å². The highest BCUT2D eigenvalue weighted by Gasteiger charge is 2.28. The average molecular weight is 391 g/mol. The second-order valence-electron chi connectivity index (χ2n) is 7.87. The standard InChI is InChI=1S/C22H47O3P/c1-6-9-10-11-12-13-14-15-16-17-18-19-20-26(23,24-21(4)7-2)25-22(5)8-3/h21-22H,6-20H2,1-5H3. The quantitative estimate of drug-likeness (QED) is 0.164. The lowest BCUT2D eigenvalue weighted by atomic mass is 10.1. The van der Waals surface area contributed by atoms with Crippen molar-refractivity contribution in [2.24, 2.45) is 0 Å². The van der Waals surface area contributed by atoms with Crippen LogP contribution in [0.4, 0.5) is 0 Å². The smallest absolute Gasteiger partial charge is 0.306 e. The molecule has 0 rings (SSSR count). The molecular formula is C22H47O3P. The summed E-state index contributed by atoms with van der Waals surface area (Å²) in [6.45, 7) is 10.3. The molecule has 4 heteroatoms. The third-order valence-electron chi connectivity index (χ3n) is 5.12. The molecule has 0 amide bonds. The summed E-state index contributed by atoms with van der Waals surface area (Å²) >= 11 is 0. The molecule has 0 aromatic carbocycles. The molecule has 0 aromatic heterocycles. The molecule has 0 fully saturated rings. The SMILES string of the molecule is CCCCCCCCCCCCCCP(=O)(OC(C)CC)OC(C)CC. The zero-order valence-electron chi connectivity index (χ0n) is 18.4. The molecule has 0 aromatic rings. The molecule has 0 aliphatic carbocycles. The molecule has 2 unspecified atom stereocenters. The topological polar surface area (TPSA) is 35.5 Å². The van der Waals surface area contributed by atoms with Crippen molar-refractivity contribution in [1.82, 2.24) is 0 Å². The van der Waals surface area contributed by atoms with Crippen molar-refractivity contribution >= 4 is 7.60 Å². The molecule has 158 valence electrons. The molecule has 0 radical (unpaired) electrons. The van der Waals surface area contributed by atoms with E-state index in [4.69, 9.17) is 9.05 Å². The van der Waals surface area contributed by atoms with Crippen molar-refractivity contribution in [3.05, 3.63) is 0 Å². The summed E-state index contributed by atoms with van der Waals surface area (Å²) in [5.41, 5.74) is 0. The van der Waals surface area contributed by atoms with Crippen molar-refractivity contribution in [1.29, 1.82) is 0 Å². The van der Waals surface area contributed by atoms with Crippen LogP contribution in [0.5, 0.6) is 0 Å². The largest absolute Gasteiger partial charge is 0.331 e. The molecule has 0 N–H and O–H groups in total. The van der Waals surface area contributed by atoms with Gasteiger partial charge in [-0.15, -0.1) is 0 Å². The van der Waals surface area contributed by atoms with E-state index in [0.29, 0.717) is 6.16 Å². The predicted molar refractivity (Wildman–Crippen MR) is 115 cm³/mol. The molecule has 0 aliphatic heterocycles. The van der Waals surface area contributed by atoms with Gasteiger partial charge in [0.25, 0.3) is 0 Å². The maximum atomic E-state index is 13.0. The molecule has 0 saturated carbocycles. The highest BCUT2D eigenvalue weighted by atomic mass is 31.2. The van der Waals surface area contributed by atoms with Crippen LogP contribution in [-0.4, -0.2) is 18.4 Å². The van der Waals surface area contributed by atoms with Gasteiger partial charge < -0.3 is 9.05 Å². The van der Waals surface area contributed by atoms with Gasteiger partial charge in [0.1, 0.15) is 0 Å². The van der Waals surface area contributed by atoms with Crippen LogP contribution in [0.25, 0.3) is 0 Å². The van der Waals surface area contributed by atoms with Crippen molar-refractivity contribution in [2.45, 2.75) is 137 Å². The van der Waals surface area contributed by atoms with E-state index in [9.17, 15) is 4.57 Å². The van der Waals surface area contributed by atoms with Crippen LogP contribution < -0.4 is 0 Å². The molecule has 0 spiro atoms. The van der Waals surface area contributed by atoms with Crippen LogP contribution in [0.3, 0.4) is 0 Å². The molecule has 3 nitrogen and oxygen atoms in total. The summed E-state index contributed by atoms with van der Waals surface area (Å²) < 4.78 is 24.6. The minimum atomic E-state index is -2.94. The minimum absolute atomic E-state index is 0.00205. The van der Waals surface area contributed by atoms with E-state index in [1.165, 1.54) is 64.2 Å². The van der Waals surface area contributed by atoms with Gasteiger partial charge in [0, 0.05) is 0 Å². The summed E-state index contributed by atoms with van der Waals surface area (Å²) in [4.78, 5) is 0. The van der Waals surface area contributed by atoms with E-state index in [1.807, 2.05) is 13.8 Å². The van der Waals surface area contributed by atoms with Crippen molar-refractivity contribution in [3.8, 4) is 0 Å². The fraction of sp³-hybridized carbons (Fsp3) is 1.00. The summed E-state index contributed by atoms with van der Waals surface area (Å²) in [6, 6.07) is 0. The first kappa shape index (κ1) is 26.1. The Bertz CT molecular complexity index is 330. The van der Waals surface area contributed by atoms with E-state index in [2.05, 4.69) is 20.8 Å². The van der Waals surface area contributed by atoms with Gasteiger partial charge in [0.05, 0.1) is 18.4 Å². The Hall–Kier alpha value is 0.150. The zero-order chi connectivity index (χ0) is 19.7. The highest BCUT2D eigenvalue weighted by Crippen LogP contribution is 2.51. The summed E-state index contributed by atoms with van der Waals surface area (Å²) in [5.74, 6) is 0. The van der Waals surface area contributed by atoms with Gasteiger partial charge in [0.15, 0.2) is 0 Å². The Labute approximate surface area is 164 Å². The Morgan fingerprint density at radius 2 is 0.962 bits per heavy atom. The maximum Gasteiger partial charge on any atom is 0.331 e. The Morgan fingerprint density at radius 3 is 1.31 bits per heavy atom. The maximum absolute atomic E-state index is 13.0. The van der Waals surface area contributed by atoms with E-state index >= 15 is 0 Å². The van der Waals surface area contributed by atoms with Gasteiger partial charge in [-0.25, -0.2) is 0 Å². The molecule has 0 saturated heterocycles. The molecule has 26 heavy (non-hydrogen) atoms. The molecule has 2 atom stereocenters. The predicted octanol–water partition coefficient (Wildman–Crippen LogP) is 8.51. The lowest BCUT2D eigenvalue weighted by Gasteiger charge is -2.24. The van der Waals surface area contributed by atoms with Gasteiger partial charge in [-0.3, -0.25) is 4.57 Å².